The zero-order valence-corrected chi connectivity index (χ0v) is 8.86. The van der Waals surface area contributed by atoms with Crippen LogP contribution in [-0.4, -0.2) is 51.5 Å². The van der Waals surface area contributed by atoms with E-state index >= 15 is 0 Å². The van der Waals surface area contributed by atoms with Crippen LogP contribution >= 0.6 is 11.6 Å². The van der Waals surface area contributed by atoms with E-state index in [0.29, 0.717) is 13.1 Å². The maximum Gasteiger partial charge on any atom is 0.407 e. The smallest absolute Gasteiger partial charge is 0.407 e. The number of hydrogen-bond donors (Lipinski definition) is 1. The number of hydrogen-bond acceptors (Lipinski definition) is 2. The van der Waals surface area contributed by atoms with Crippen molar-refractivity contribution >= 4 is 23.1 Å². The largest absolute Gasteiger partial charge is 0.465 e. The van der Waals surface area contributed by atoms with Gasteiger partial charge in [0.05, 0.1) is 0 Å². The highest BCUT2D eigenvalue weighted by Gasteiger charge is 2.33. The second kappa shape index (κ2) is 4.04. The molecular formula is C8H13ClN2O3. The lowest BCUT2D eigenvalue weighted by atomic mass is 10.1. The standard InChI is InChI=1S/C8H13ClN2O3/c1-5-3-10(8(13)14)4-6(2)11(5)7(9)12/h5-6H,3-4H2,1-2H3,(H,13,14)/t5-,6-/m0/s1. The molecule has 0 aliphatic carbocycles. The predicted molar refractivity (Wildman–Crippen MR) is 51.6 cm³/mol. The molecule has 14 heavy (non-hydrogen) atoms. The molecule has 1 N–H and O–H groups in total. The number of nitrogens with zero attached hydrogens (tertiary/aromatic N) is 2. The normalized spacial score (nSPS) is 27.6. The van der Waals surface area contributed by atoms with Gasteiger partial charge in [0.1, 0.15) is 0 Å². The molecule has 0 aromatic rings. The van der Waals surface area contributed by atoms with Crippen LogP contribution in [0.5, 0.6) is 0 Å². The zero-order chi connectivity index (χ0) is 10.9. The average Bonchev–Trinajstić information content (AvgIpc) is 2.01. The van der Waals surface area contributed by atoms with Crippen LogP contribution in [0.1, 0.15) is 13.8 Å². The first-order valence-electron chi connectivity index (χ1n) is 4.39. The molecule has 0 unspecified atom stereocenters. The van der Waals surface area contributed by atoms with Crippen molar-refractivity contribution in [3.8, 4) is 0 Å². The summed E-state index contributed by atoms with van der Waals surface area (Å²) in [5, 5.41) is 8.27. The van der Waals surface area contributed by atoms with Crippen molar-refractivity contribution in [2.24, 2.45) is 0 Å². The molecule has 1 fully saturated rings. The predicted octanol–water partition coefficient (Wildman–Crippen LogP) is 1.42. The van der Waals surface area contributed by atoms with E-state index in [1.165, 1.54) is 9.80 Å². The summed E-state index contributed by atoms with van der Waals surface area (Å²) >= 11 is 5.39. The maximum atomic E-state index is 11.0. The number of carboxylic acid groups (broad SMARTS) is 1. The van der Waals surface area contributed by atoms with E-state index < -0.39 is 11.5 Å². The Morgan fingerprint density at radius 3 is 2.00 bits per heavy atom. The van der Waals surface area contributed by atoms with Gasteiger partial charge in [-0.1, -0.05) is 0 Å². The van der Waals surface area contributed by atoms with Crippen molar-refractivity contribution in [3.05, 3.63) is 0 Å². The molecule has 1 rings (SSSR count). The third kappa shape index (κ3) is 2.09. The number of rotatable bonds is 0. The Labute approximate surface area is 87.2 Å². The highest BCUT2D eigenvalue weighted by molar-refractivity contribution is 6.62. The van der Waals surface area contributed by atoms with Crippen LogP contribution in [0.15, 0.2) is 0 Å². The lowest BCUT2D eigenvalue weighted by Crippen LogP contribution is -2.58. The van der Waals surface area contributed by atoms with E-state index in [0.717, 1.165) is 0 Å². The first-order chi connectivity index (χ1) is 6.43. The van der Waals surface area contributed by atoms with Gasteiger partial charge >= 0.3 is 11.5 Å². The molecule has 1 saturated heterocycles. The highest BCUT2D eigenvalue weighted by atomic mass is 35.5. The average molecular weight is 221 g/mol. The third-order valence-corrected chi connectivity index (χ3v) is 2.59. The number of piperazine rings is 1. The molecule has 0 radical (unpaired) electrons. The van der Waals surface area contributed by atoms with Gasteiger partial charge in [-0.25, -0.2) is 4.79 Å². The molecule has 0 saturated carbocycles. The van der Waals surface area contributed by atoms with Crippen LogP contribution in [0.3, 0.4) is 0 Å². The summed E-state index contributed by atoms with van der Waals surface area (Å²) in [6.45, 7) is 4.20. The Morgan fingerprint density at radius 1 is 1.29 bits per heavy atom. The van der Waals surface area contributed by atoms with Gasteiger partial charge < -0.3 is 14.9 Å². The maximum absolute atomic E-state index is 11.0. The van der Waals surface area contributed by atoms with Crippen molar-refractivity contribution < 1.29 is 14.7 Å². The van der Waals surface area contributed by atoms with E-state index in [1.807, 2.05) is 0 Å². The molecule has 0 aromatic heterocycles. The quantitative estimate of drug-likeness (QED) is 0.496. The van der Waals surface area contributed by atoms with Gasteiger partial charge in [-0.3, -0.25) is 4.79 Å². The van der Waals surface area contributed by atoms with Crippen molar-refractivity contribution in [2.75, 3.05) is 13.1 Å². The van der Waals surface area contributed by atoms with E-state index in [1.54, 1.807) is 13.8 Å². The summed E-state index contributed by atoms with van der Waals surface area (Å²) in [5.41, 5.74) is 0. The summed E-state index contributed by atoms with van der Waals surface area (Å²) in [6.07, 6.45) is -0.953. The fourth-order valence-electron chi connectivity index (χ4n) is 1.83. The zero-order valence-electron chi connectivity index (χ0n) is 8.11. The summed E-state index contributed by atoms with van der Waals surface area (Å²) in [6, 6.07) is -0.334. The van der Waals surface area contributed by atoms with Gasteiger partial charge in [-0.05, 0) is 25.4 Å². The molecule has 80 valence electrons. The monoisotopic (exact) mass is 220 g/mol. The first kappa shape index (κ1) is 11.1. The molecule has 5 nitrogen and oxygen atoms in total. The summed E-state index contributed by atoms with van der Waals surface area (Å²) in [7, 11) is 0. The van der Waals surface area contributed by atoms with Gasteiger partial charge in [-0.2, -0.15) is 0 Å². The summed E-state index contributed by atoms with van der Waals surface area (Å²) < 4.78 is 0. The lowest BCUT2D eigenvalue weighted by molar-refractivity contribution is 0.0682. The Morgan fingerprint density at radius 2 is 1.71 bits per heavy atom. The van der Waals surface area contributed by atoms with E-state index in [-0.39, 0.29) is 12.1 Å². The van der Waals surface area contributed by atoms with Crippen molar-refractivity contribution in [1.29, 1.82) is 0 Å². The van der Waals surface area contributed by atoms with Crippen LogP contribution in [0.25, 0.3) is 0 Å². The molecule has 2 amide bonds. The van der Waals surface area contributed by atoms with E-state index in [2.05, 4.69) is 0 Å². The Hall–Kier alpha value is -0.970. The van der Waals surface area contributed by atoms with Crippen LogP contribution < -0.4 is 0 Å². The lowest BCUT2D eigenvalue weighted by Gasteiger charge is -2.42. The molecule has 1 aliphatic heterocycles. The molecule has 1 heterocycles. The van der Waals surface area contributed by atoms with Gasteiger partial charge in [0, 0.05) is 25.2 Å². The van der Waals surface area contributed by atoms with Gasteiger partial charge in [0.2, 0.25) is 0 Å². The van der Waals surface area contributed by atoms with Crippen LogP contribution in [-0.2, 0) is 0 Å². The Kier molecular flexibility index (Phi) is 3.21. The second-order valence-corrected chi connectivity index (χ2v) is 3.87. The number of halogens is 1. The molecule has 2 atom stereocenters. The molecule has 0 spiro atoms. The second-order valence-electron chi connectivity index (χ2n) is 3.55. The molecular weight excluding hydrogens is 208 g/mol. The fraction of sp³-hybridized carbons (Fsp3) is 0.750. The van der Waals surface area contributed by atoms with Crippen molar-refractivity contribution in [1.82, 2.24) is 9.80 Å². The van der Waals surface area contributed by atoms with E-state index in [4.69, 9.17) is 16.7 Å². The third-order valence-electron chi connectivity index (χ3n) is 2.39. The summed E-state index contributed by atoms with van der Waals surface area (Å²) in [5.74, 6) is 0. The molecule has 0 aromatic carbocycles. The Bertz CT molecular complexity index is 247. The topological polar surface area (TPSA) is 60.9 Å². The molecule has 1 aliphatic rings. The van der Waals surface area contributed by atoms with E-state index in [9.17, 15) is 9.59 Å². The first-order valence-corrected chi connectivity index (χ1v) is 4.77. The Balaban J connectivity index is 2.72. The van der Waals surface area contributed by atoms with Gasteiger partial charge in [0.25, 0.3) is 0 Å². The van der Waals surface area contributed by atoms with Crippen LogP contribution in [0, 0.1) is 0 Å². The SMILES string of the molecule is C[C@H]1CN(C(=O)O)C[C@H](C)N1C(=O)Cl. The number of carbonyl (C=O) groups is 2. The van der Waals surface area contributed by atoms with Crippen LogP contribution in [0.4, 0.5) is 9.59 Å². The minimum absolute atomic E-state index is 0.167. The number of amides is 2. The van der Waals surface area contributed by atoms with Gasteiger partial charge in [-0.15, -0.1) is 0 Å². The molecule has 0 bridgehead atoms. The summed E-state index contributed by atoms with van der Waals surface area (Å²) in [4.78, 5) is 24.5. The van der Waals surface area contributed by atoms with Crippen LogP contribution in [0.2, 0.25) is 0 Å². The van der Waals surface area contributed by atoms with Crippen molar-refractivity contribution in [3.63, 3.8) is 0 Å². The molecule has 6 heteroatoms. The van der Waals surface area contributed by atoms with Gasteiger partial charge in [0.15, 0.2) is 0 Å². The fourth-order valence-corrected chi connectivity index (χ4v) is 2.16. The minimum atomic E-state index is -0.953. The number of carbonyl (C=O) groups excluding carboxylic acids is 1. The van der Waals surface area contributed by atoms with Crippen molar-refractivity contribution in [2.45, 2.75) is 25.9 Å². The minimum Gasteiger partial charge on any atom is -0.465 e. The highest BCUT2D eigenvalue weighted by Crippen LogP contribution is 2.17.